The number of hydrogen-bond donors (Lipinski definition) is 1. The standard InChI is InChI=1S/C12H13BrN2O4/c1-3-9(6-14)19-12-10(7(2)16)4-8(13)5-11(12)15(17)18/h4-5,7,9,16H,3H2,1-2H3/t7-,9?/m0/s1. The lowest BCUT2D eigenvalue weighted by Gasteiger charge is -2.16. The molecule has 1 rings (SSSR count). The highest BCUT2D eigenvalue weighted by Gasteiger charge is 2.25. The highest BCUT2D eigenvalue weighted by molar-refractivity contribution is 9.10. The fourth-order valence-electron chi connectivity index (χ4n) is 1.52. The van der Waals surface area contributed by atoms with Crippen molar-refractivity contribution in [3.63, 3.8) is 0 Å². The van der Waals surface area contributed by atoms with E-state index in [9.17, 15) is 15.2 Å². The fraction of sp³-hybridized carbons (Fsp3) is 0.417. The molecule has 1 unspecified atom stereocenters. The van der Waals surface area contributed by atoms with Gasteiger partial charge in [0.1, 0.15) is 6.07 Å². The van der Waals surface area contributed by atoms with Gasteiger partial charge in [-0.2, -0.15) is 5.26 Å². The monoisotopic (exact) mass is 328 g/mol. The minimum atomic E-state index is -0.942. The molecule has 0 radical (unpaired) electrons. The van der Waals surface area contributed by atoms with Crippen LogP contribution >= 0.6 is 15.9 Å². The van der Waals surface area contributed by atoms with Crippen molar-refractivity contribution in [2.24, 2.45) is 0 Å². The van der Waals surface area contributed by atoms with E-state index in [1.54, 1.807) is 6.92 Å². The number of aliphatic hydroxyl groups excluding tert-OH is 1. The fourth-order valence-corrected chi connectivity index (χ4v) is 1.98. The van der Waals surface area contributed by atoms with Crippen molar-refractivity contribution in [2.45, 2.75) is 32.5 Å². The Kier molecular flexibility index (Phi) is 5.27. The molecule has 0 aliphatic carbocycles. The lowest BCUT2D eigenvalue weighted by Crippen LogP contribution is -2.15. The number of benzene rings is 1. The van der Waals surface area contributed by atoms with Crippen LogP contribution in [0.15, 0.2) is 16.6 Å². The van der Waals surface area contributed by atoms with Crippen molar-refractivity contribution in [3.05, 3.63) is 32.3 Å². The van der Waals surface area contributed by atoms with E-state index in [-0.39, 0.29) is 17.0 Å². The van der Waals surface area contributed by atoms with E-state index >= 15 is 0 Å². The van der Waals surface area contributed by atoms with Crippen molar-refractivity contribution in [3.8, 4) is 11.8 Å². The van der Waals surface area contributed by atoms with Gasteiger partial charge in [0.15, 0.2) is 6.10 Å². The van der Waals surface area contributed by atoms with Crippen LogP contribution in [0.2, 0.25) is 0 Å². The van der Waals surface area contributed by atoms with Crippen LogP contribution in [0, 0.1) is 21.4 Å². The quantitative estimate of drug-likeness (QED) is 0.661. The Morgan fingerprint density at radius 1 is 1.63 bits per heavy atom. The third kappa shape index (κ3) is 3.66. The second-order valence-electron chi connectivity index (χ2n) is 3.92. The lowest BCUT2D eigenvalue weighted by molar-refractivity contribution is -0.386. The molecule has 6 nitrogen and oxygen atoms in total. The van der Waals surface area contributed by atoms with Gasteiger partial charge in [-0.05, 0) is 19.4 Å². The zero-order valence-corrected chi connectivity index (χ0v) is 12.0. The maximum absolute atomic E-state index is 11.0. The Morgan fingerprint density at radius 2 is 2.26 bits per heavy atom. The normalized spacial score (nSPS) is 13.4. The first kappa shape index (κ1) is 15.4. The van der Waals surface area contributed by atoms with Crippen LogP contribution in [0.4, 0.5) is 5.69 Å². The van der Waals surface area contributed by atoms with Gasteiger partial charge in [-0.1, -0.05) is 22.9 Å². The Hall–Kier alpha value is -1.65. The number of ether oxygens (including phenoxy) is 1. The molecule has 19 heavy (non-hydrogen) atoms. The number of rotatable bonds is 5. The minimum absolute atomic E-state index is 0.0587. The summed E-state index contributed by atoms with van der Waals surface area (Å²) in [6.45, 7) is 3.21. The molecule has 0 amide bonds. The van der Waals surface area contributed by atoms with Crippen LogP contribution in [0.25, 0.3) is 0 Å². The summed E-state index contributed by atoms with van der Waals surface area (Å²) in [6, 6.07) is 4.73. The Morgan fingerprint density at radius 3 is 2.68 bits per heavy atom. The molecule has 0 saturated carbocycles. The van der Waals surface area contributed by atoms with Gasteiger partial charge in [0.25, 0.3) is 0 Å². The molecule has 1 N–H and O–H groups in total. The van der Waals surface area contributed by atoms with Crippen LogP contribution in [-0.2, 0) is 0 Å². The summed E-state index contributed by atoms with van der Waals surface area (Å²) in [5.41, 5.74) is -0.00579. The molecular formula is C12H13BrN2O4. The predicted octanol–water partition coefficient (Wildman–Crippen LogP) is 3.09. The molecule has 0 saturated heterocycles. The molecule has 0 heterocycles. The number of nitro groups is 1. The topological polar surface area (TPSA) is 96.4 Å². The van der Waals surface area contributed by atoms with E-state index in [1.165, 1.54) is 19.1 Å². The van der Waals surface area contributed by atoms with Gasteiger partial charge in [-0.15, -0.1) is 0 Å². The summed E-state index contributed by atoms with van der Waals surface area (Å²) >= 11 is 3.15. The second-order valence-corrected chi connectivity index (χ2v) is 4.84. The molecule has 0 aliphatic heterocycles. The maximum Gasteiger partial charge on any atom is 0.312 e. The number of nitrogens with zero attached hydrogens (tertiary/aromatic N) is 2. The van der Waals surface area contributed by atoms with Gasteiger partial charge in [0, 0.05) is 16.1 Å². The first-order chi connectivity index (χ1) is 8.90. The van der Waals surface area contributed by atoms with Gasteiger partial charge in [-0.3, -0.25) is 10.1 Å². The van der Waals surface area contributed by atoms with Crippen molar-refractivity contribution in [1.82, 2.24) is 0 Å². The molecule has 0 spiro atoms. The number of aliphatic hydroxyl groups is 1. The van der Waals surface area contributed by atoms with E-state index < -0.39 is 17.1 Å². The maximum atomic E-state index is 11.0. The van der Waals surface area contributed by atoms with Crippen LogP contribution in [0.3, 0.4) is 0 Å². The average molecular weight is 329 g/mol. The van der Waals surface area contributed by atoms with Crippen LogP contribution in [0.1, 0.15) is 31.9 Å². The van der Waals surface area contributed by atoms with Crippen molar-refractivity contribution < 1.29 is 14.8 Å². The smallest absolute Gasteiger partial charge is 0.312 e. The van der Waals surface area contributed by atoms with Crippen molar-refractivity contribution in [2.75, 3.05) is 0 Å². The van der Waals surface area contributed by atoms with E-state index in [0.29, 0.717) is 10.9 Å². The third-order valence-corrected chi connectivity index (χ3v) is 2.94. The lowest BCUT2D eigenvalue weighted by atomic mass is 10.1. The van der Waals surface area contributed by atoms with E-state index in [4.69, 9.17) is 10.00 Å². The largest absolute Gasteiger partial charge is 0.468 e. The Bertz CT molecular complexity index is 525. The van der Waals surface area contributed by atoms with Gasteiger partial charge in [0.2, 0.25) is 5.75 Å². The van der Waals surface area contributed by atoms with Crippen molar-refractivity contribution >= 4 is 21.6 Å². The molecular weight excluding hydrogens is 316 g/mol. The van der Waals surface area contributed by atoms with Gasteiger partial charge >= 0.3 is 5.69 Å². The number of hydrogen-bond acceptors (Lipinski definition) is 5. The zero-order valence-electron chi connectivity index (χ0n) is 10.5. The molecule has 102 valence electrons. The van der Waals surface area contributed by atoms with Gasteiger partial charge < -0.3 is 9.84 Å². The minimum Gasteiger partial charge on any atom is -0.468 e. The first-order valence-corrected chi connectivity index (χ1v) is 6.42. The molecule has 0 fully saturated rings. The van der Waals surface area contributed by atoms with E-state index in [2.05, 4.69) is 15.9 Å². The molecule has 1 aromatic carbocycles. The van der Waals surface area contributed by atoms with Gasteiger partial charge in [-0.25, -0.2) is 0 Å². The molecule has 7 heteroatoms. The summed E-state index contributed by atoms with van der Waals surface area (Å²) in [6.07, 6.45) is -1.34. The van der Waals surface area contributed by atoms with Crippen LogP contribution < -0.4 is 4.74 Å². The average Bonchev–Trinajstić information content (AvgIpc) is 2.36. The molecule has 1 aromatic rings. The summed E-state index contributed by atoms with van der Waals surface area (Å²) < 4.78 is 5.83. The first-order valence-electron chi connectivity index (χ1n) is 5.62. The molecule has 0 bridgehead atoms. The molecule has 0 aromatic heterocycles. The predicted molar refractivity (Wildman–Crippen MR) is 71.8 cm³/mol. The van der Waals surface area contributed by atoms with E-state index in [1.807, 2.05) is 6.07 Å². The number of nitriles is 1. The summed E-state index contributed by atoms with van der Waals surface area (Å²) in [4.78, 5) is 10.4. The summed E-state index contributed by atoms with van der Waals surface area (Å²) in [5, 5.41) is 29.6. The molecule has 2 atom stereocenters. The third-order valence-electron chi connectivity index (χ3n) is 2.48. The highest BCUT2D eigenvalue weighted by atomic mass is 79.9. The zero-order chi connectivity index (χ0) is 14.6. The second kappa shape index (κ2) is 6.50. The van der Waals surface area contributed by atoms with Crippen LogP contribution in [-0.4, -0.2) is 16.1 Å². The number of halogens is 1. The molecule has 0 aliphatic rings. The number of nitro benzene ring substituents is 1. The highest BCUT2D eigenvalue weighted by Crippen LogP contribution is 2.38. The summed E-state index contributed by atoms with van der Waals surface area (Å²) in [5.74, 6) is -0.0587. The van der Waals surface area contributed by atoms with E-state index in [0.717, 1.165) is 0 Å². The van der Waals surface area contributed by atoms with Crippen molar-refractivity contribution in [1.29, 1.82) is 5.26 Å². The SMILES string of the molecule is CCC(C#N)Oc1c([C@H](C)O)cc(Br)cc1[N+](=O)[O-]. The Labute approximate surface area is 118 Å². The van der Waals surface area contributed by atoms with Gasteiger partial charge in [0.05, 0.1) is 11.0 Å². The summed E-state index contributed by atoms with van der Waals surface area (Å²) in [7, 11) is 0. The van der Waals surface area contributed by atoms with Crippen LogP contribution in [0.5, 0.6) is 5.75 Å². The Balaban J connectivity index is 3.39.